The van der Waals surface area contributed by atoms with Crippen molar-refractivity contribution in [2.24, 2.45) is 5.73 Å². The summed E-state index contributed by atoms with van der Waals surface area (Å²) in [4.78, 5) is 0. The third kappa shape index (κ3) is 2.93. The molecule has 3 nitrogen and oxygen atoms in total. The molecule has 1 fully saturated rings. The maximum absolute atomic E-state index is 12.4. The van der Waals surface area contributed by atoms with Crippen LogP contribution in [0, 0.1) is 6.92 Å². The van der Waals surface area contributed by atoms with Gasteiger partial charge in [-0.25, -0.2) is 8.42 Å². The summed E-state index contributed by atoms with van der Waals surface area (Å²) < 4.78 is 24.9. The zero-order valence-electron chi connectivity index (χ0n) is 10.8. The van der Waals surface area contributed by atoms with Crippen molar-refractivity contribution in [2.75, 3.05) is 0 Å². The van der Waals surface area contributed by atoms with Crippen molar-refractivity contribution >= 4 is 9.84 Å². The van der Waals surface area contributed by atoms with Gasteiger partial charge in [0.2, 0.25) is 0 Å². The molecule has 0 aromatic heterocycles. The first-order valence-electron chi connectivity index (χ1n) is 6.52. The van der Waals surface area contributed by atoms with Crippen LogP contribution >= 0.6 is 0 Å². The Labute approximate surface area is 109 Å². The predicted molar refractivity (Wildman–Crippen MR) is 74.0 cm³/mol. The van der Waals surface area contributed by atoms with E-state index < -0.39 is 9.84 Å². The van der Waals surface area contributed by atoms with Crippen molar-refractivity contribution in [1.82, 2.24) is 0 Å². The Kier molecular flexibility index (Phi) is 4.07. The second-order valence-corrected chi connectivity index (χ2v) is 7.44. The fourth-order valence-corrected chi connectivity index (χ4v) is 4.83. The number of hydrogen-bond donors (Lipinski definition) is 1. The number of benzene rings is 1. The molecule has 1 aliphatic rings. The van der Waals surface area contributed by atoms with Gasteiger partial charge >= 0.3 is 0 Å². The largest absolute Gasteiger partial charge is 0.327 e. The van der Waals surface area contributed by atoms with Crippen molar-refractivity contribution in [3.63, 3.8) is 0 Å². The molecule has 4 heteroatoms. The van der Waals surface area contributed by atoms with Gasteiger partial charge in [0.25, 0.3) is 0 Å². The molecule has 100 valence electrons. The molecule has 2 N–H and O–H groups in total. The molecule has 1 aliphatic carbocycles. The number of nitrogens with two attached hydrogens (primary N) is 1. The lowest BCUT2D eigenvalue weighted by molar-refractivity contribution is 0.431. The lowest BCUT2D eigenvalue weighted by atomic mass is 9.96. The number of sulfone groups is 1. The molecule has 18 heavy (non-hydrogen) atoms. The molecule has 0 heterocycles. The van der Waals surface area contributed by atoms with Gasteiger partial charge in [-0.2, -0.15) is 0 Å². The Balaban J connectivity index is 2.19. The van der Waals surface area contributed by atoms with E-state index in [1.165, 1.54) is 0 Å². The number of hydrogen-bond acceptors (Lipinski definition) is 3. The SMILES string of the molecule is Cc1ccccc1CS(=O)(=O)C1CCCCC1N. The van der Waals surface area contributed by atoms with Gasteiger partial charge in [-0.05, 0) is 30.9 Å². The highest BCUT2D eigenvalue weighted by molar-refractivity contribution is 7.91. The van der Waals surface area contributed by atoms with Gasteiger partial charge in [-0.1, -0.05) is 37.1 Å². The van der Waals surface area contributed by atoms with Crippen LogP contribution in [0.3, 0.4) is 0 Å². The first kappa shape index (κ1) is 13.6. The van der Waals surface area contributed by atoms with E-state index in [4.69, 9.17) is 5.73 Å². The standard InChI is InChI=1S/C14H21NO2S/c1-11-6-2-3-7-12(11)10-18(16,17)14-9-5-4-8-13(14)15/h2-3,6-7,13-14H,4-5,8-10,15H2,1H3. The first-order valence-corrected chi connectivity index (χ1v) is 8.24. The molecule has 1 saturated carbocycles. The van der Waals surface area contributed by atoms with Crippen molar-refractivity contribution < 1.29 is 8.42 Å². The van der Waals surface area contributed by atoms with Gasteiger partial charge in [0.15, 0.2) is 9.84 Å². The van der Waals surface area contributed by atoms with Crippen LogP contribution in [0.4, 0.5) is 0 Å². The Hall–Kier alpha value is -0.870. The summed E-state index contributed by atoms with van der Waals surface area (Å²) in [5, 5.41) is -0.356. The van der Waals surface area contributed by atoms with Crippen LogP contribution in [0.25, 0.3) is 0 Å². The summed E-state index contributed by atoms with van der Waals surface area (Å²) in [7, 11) is -3.13. The quantitative estimate of drug-likeness (QED) is 0.913. The first-order chi connectivity index (χ1) is 8.50. The average molecular weight is 267 g/mol. The second kappa shape index (κ2) is 5.41. The highest BCUT2D eigenvalue weighted by Gasteiger charge is 2.33. The lowest BCUT2D eigenvalue weighted by Gasteiger charge is -2.28. The second-order valence-electron chi connectivity index (χ2n) is 5.22. The molecule has 1 aromatic carbocycles. The molecular formula is C14H21NO2S. The molecule has 0 bridgehead atoms. The Bertz CT molecular complexity index is 510. The van der Waals surface area contributed by atoms with Crippen LogP contribution < -0.4 is 5.73 Å². The van der Waals surface area contributed by atoms with Gasteiger partial charge in [0, 0.05) is 6.04 Å². The van der Waals surface area contributed by atoms with Crippen LogP contribution in [-0.4, -0.2) is 19.7 Å². The fourth-order valence-electron chi connectivity index (χ4n) is 2.67. The summed E-state index contributed by atoms with van der Waals surface area (Å²) >= 11 is 0. The molecular weight excluding hydrogens is 246 g/mol. The summed E-state index contributed by atoms with van der Waals surface area (Å²) in [5.74, 6) is 0.123. The van der Waals surface area contributed by atoms with Crippen molar-refractivity contribution in [1.29, 1.82) is 0 Å². The van der Waals surface area contributed by atoms with Crippen LogP contribution in [0.2, 0.25) is 0 Å². The summed E-state index contributed by atoms with van der Waals surface area (Å²) in [6.07, 6.45) is 3.58. The van der Waals surface area contributed by atoms with E-state index in [0.717, 1.165) is 36.8 Å². The highest BCUT2D eigenvalue weighted by atomic mass is 32.2. The third-order valence-corrected chi connectivity index (χ3v) is 6.05. The van der Waals surface area contributed by atoms with Crippen LogP contribution in [-0.2, 0) is 15.6 Å². The topological polar surface area (TPSA) is 60.2 Å². The van der Waals surface area contributed by atoms with E-state index >= 15 is 0 Å². The van der Waals surface area contributed by atoms with Crippen LogP contribution in [0.15, 0.2) is 24.3 Å². The minimum atomic E-state index is -3.13. The lowest BCUT2D eigenvalue weighted by Crippen LogP contribution is -2.43. The zero-order valence-corrected chi connectivity index (χ0v) is 11.6. The van der Waals surface area contributed by atoms with E-state index in [-0.39, 0.29) is 17.0 Å². The predicted octanol–water partition coefficient (Wildman–Crippen LogP) is 2.18. The molecule has 0 amide bonds. The van der Waals surface area contributed by atoms with Crippen LogP contribution in [0.1, 0.15) is 36.8 Å². The molecule has 1 aromatic rings. The Morgan fingerprint density at radius 1 is 1.22 bits per heavy atom. The molecule has 0 spiro atoms. The summed E-state index contributed by atoms with van der Waals surface area (Å²) in [5.41, 5.74) is 7.91. The van der Waals surface area contributed by atoms with E-state index in [1.807, 2.05) is 31.2 Å². The molecule has 2 atom stereocenters. The van der Waals surface area contributed by atoms with Crippen molar-refractivity contribution in [3.05, 3.63) is 35.4 Å². The zero-order chi connectivity index (χ0) is 13.2. The normalized spacial score (nSPS) is 25.0. The number of rotatable bonds is 3. The highest BCUT2D eigenvalue weighted by Crippen LogP contribution is 2.26. The molecule has 0 aliphatic heterocycles. The summed E-state index contributed by atoms with van der Waals surface area (Å²) in [6.45, 7) is 1.95. The minimum absolute atomic E-state index is 0.123. The average Bonchev–Trinajstić information content (AvgIpc) is 2.32. The van der Waals surface area contributed by atoms with Gasteiger partial charge in [-0.15, -0.1) is 0 Å². The van der Waals surface area contributed by atoms with E-state index in [0.29, 0.717) is 0 Å². The number of aryl methyl sites for hydroxylation is 1. The smallest absolute Gasteiger partial charge is 0.158 e. The maximum Gasteiger partial charge on any atom is 0.158 e. The fraction of sp³-hybridized carbons (Fsp3) is 0.571. The van der Waals surface area contributed by atoms with Crippen LogP contribution in [0.5, 0.6) is 0 Å². The molecule has 0 saturated heterocycles. The van der Waals surface area contributed by atoms with E-state index in [2.05, 4.69) is 0 Å². The van der Waals surface area contributed by atoms with Gasteiger partial charge in [-0.3, -0.25) is 0 Å². The van der Waals surface area contributed by atoms with E-state index in [9.17, 15) is 8.42 Å². The molecule has 2 rings (SSSR count). The Morgan fingerprint density at radius 3 is 2.56 bits per heavy atom. The van der Waals surface area contributed by atoms with Crippen molar-refractivity contribution in [2.45, 2.75) is 49.7 Å². The van der Waals surface area contributed by atoms with Crippen molar-refractivity contribution in [3.8, 4) is 0 Å². The summed E-state index contributed by atoms with van der Waals surface area (Å²) in [6, 6.07) is 7.47. The van der Waals surface area contributed by atoms with Gasteiger partial charge < -0.3 is 5.73 Å². The minimum Gasteiger partial charge on any atom is -0.327 e. The molecule has 0 radical (unpaired) electrons. The third-order valence-electron chi connectivity index (χ3n) is 3.83. The monoisotopic (exact) mass is 267 g/mol. The van der Waals surface area contributed by atoms with E-state index in [1.54, 1.807) is 0 Å². The maximum atomic E-state index is 12.4. The van der Waals surface area contributed by atoms with Gasteiger partial charge in [0.05, 0.1) is 11.0 Å². The molecule has 2 unspecified atom stereocenters. The Morgan fingerprint density at radius 2 is 1.89 bits per heavy atom. The van der Waals surface area contributed by atoms with Gasteiger partial charge in [0.1, 0.15) is 0 Å².